The molecule has 2 aromatic carbocycles. The van der Waals surface area contributed by atoms with Crippen LogP contribution in [0.4, 0.5) is 5.95 Å². The van der Waals surface area contributed by atoms with Gasteiger partial charge in [0.05, 0.1) is 17.6 Å². The van der Waals surface area contributed by atoms with Crippen LogP contribution in [-0.2, 0) is 6.54 Å². The van der Waals surface area contributed by atoms with Crippen LogP contribution in [0.1, 0.15) is 5.56 Å². The lowest BCUT2D eigenvalue weighted by molar-refractivity contribution is 0.838. The van der Waals surface area contributed by atoms with E-state index >= 15 is 0 Å². The van der Waals surface area contributed by atoms with Crippen molar-refractivity contribution in [1.29, 1.82) is 0 Å². The number of hydrogen-bond donors (Lipinski definition) is 1. The van der Waals surface area contributed by atoms with Gasteiger partial charge in [0, 0.05) is 10.0 Å². The standard InChI is InChI=1S/C14H11Cl2N3/c15-10-3-1-9(2-4-10)8-19-13-6-5-11(16)7-12(13)18-14(19)17/h1-7H,8H2,(H2,17,18). The van der Waals surface area contributed by atoms with Gasteiger partial charge in [-0.25, -0.2) is 4.98 Å². The Morgan fingerprint density at radius 2 is 1.68 bits per heavy atom. The van der Waals surface area contributed by atoms with Crippen LogP contribution in [0.2, 0.25) is 10.0 Å². The van der Waals surface area contributed by atoms with Crippen molar-refractivity contribution in [3.8, 4) is 0 Å². The van der Waals surface area contributed by atoms with Gasteiger partial charge in [-0.1, -0.05) is 35.3 Å². The minimum absolute atomic E-state index is 0.479. The molecule has 3 aromatic rings. The Kier molecular flexibility index (Phi) is 3.09. The highest BCUT2D eigenvalue weighted by atomic mass is 35.5. The second-order valence-corrected chi connectivity index (χ2v) is 5.19. The van der Waals surface area contributed by atoms with Crippen molar-refractivity contribution >= 4 is 40.2 Å². The molecule has 3 rings (SSSR count). The Morgan fingerprint density at radius 3 is 2.42 bits per heavy atom. The van der Waals surface area contributed by atoms with Gasteiger partial charge < -0.3 is 10.3 Å². The third kappa shape index (κ3) is 2.39. The Labute approximate surface area is 120 Å². The largest absolute Gasteiger partial charge is 0.369 e. The molecule has 1 heterocycles. The van der Waals surface area contributed by atoms with Gasteiger partial charge >= 0.3 is 0 Å². The molecular weight excluding hydrogens is 281 g/mol. The number of hydrogen-bond acceptors (Lipinski definition) is 2. The number of nitrogens with two attached hydrogens (primary N) is 1. The number of rotatable bonds is 2. The van der Waals surface area contributed by atoms with Crippen molar-refractivity contribution in [2.24, 2.45) is 0 Å². The lowest BCUT2D eigenvalue weighted by Gasteiger charge is -2.06. The van der Waals surface area contributed by atoms with E-state index in [0.717, 1.165) is 21.6 Å². The van der Waals surface area contributed by atoms with E-state index in [9.17, 15) is 0 Å². The van der Waals surface area contributed by atoms with Gasteiger partial charge in [0.15, 0.2) is 0 Å². The monoisotopic (exact) mass is 291 g/mol. The molecule has 3 nitrogen and oxygen atoms in total. The van der Waals surface area contributed by atoms with Crippen LogP contribution in [0.25, 0.3) is 11.0 Å². The maximum absolute atomic E-state index is 5.96. The zero-order chi connectivity index (χ0) is 13.4. The molecule has 0 saturated carbocycles. The van der Waals surface area contributed by atoms with Crippen LogP contribution in [0.3, 0.4) is 0 Å². The highest BCUT2D eigenvalue weighted by Gasteiger charge is 2.08. The molecular formula is C14H11Cl2N3. The number of halogens is 2. The highest BCUT2D eigenvalue weighted by Crippen LogP contribution is 2.23. The summed E-state index contributed by atoms with van der Waals surface area (Å²) in [6, 6.07) is 13.3. The molecule has 0 atom stereocenters. The Hall–Kier alpha value is -1.71. The number of benzene rings is 2. The van der Waals surface area contributed by atoms with E-state index in [2.05, 4.69) is 4.98 Å². The summed E-state index contributed by atoms with van der Waals surface area (Å²) in [6.45, 7) is 0.654. The Bertz CT molecular complexity index is 732. The third-order valence-electron chi connectivity index (χ3n) is 2.99. The second-order valence-electron chi connectivity index (χ2n) is 4.32. The van der Waals surface area contributed by atoms with Crippen LogP contribution in [0.5, 0.6) is 0 Å². The van der Waals surface area contributed by atoms with E-state index in [1.807, 2.05) is 47.0 Å². The number of nitrogen functional groups attached to an aromatic ring is 1. The summed E-state index contributed by atoms with van der Waals surface area (Å²) in [6.07, 6.45) is 0. The van der Waals surface area contributed by atoms with Crippen molar-refractivity contribution in [2.75, 3.05) is 5.73 Å². The van der Waals surface area contributed by atoms with Crippen molar-refractivity contribution in [3.05, 3.63) is 58.1 Å². The molecule has 0 unspecified atom stereocenters. The van der Waals surface area contributed by atoms with Crippen molar-refractivity contribution in [2.45, 2.75) is 6.54 Å². The van der Waals surface area contributed by atoms with E-state index in [1.165, 1.54) is 0 Å². The van der Waals surface area contributed by atoms with E-state index in [0.29, 0.717) is 17.5 Å². The van der Waals surface area contributed by atoms with E-state index < -0.39 is 0 Å². The lowest BCUT2D eigenvalue weighted by Crippen LogP contribution is -2.04. The number of fused-ring (bicyclic) bond motifs is 1. The smallest absolute Gasteiger partial charge is 0.201 e. The van der Waals surface area contributed by atoms with Crippen LogP contribution in [0.15, 0.2) is 42.5 Å². The van der Waals surface area contributed by atoms with Gasteiger partial charge in [0.2, 0.25) is 5.95 Å². The lowest BCUT2D eigenvalue weighted by atomic mass is 10.2. The molecule has 2 N–H and O–H groups in total. The van der Waals surface area contributed by atoms with E-state index in [4.69, 9.17) is 28.9 Å². The summed E-state index contributed by atoms with van der Waals surface area (Å²) in [5.74, 6) is 0.479. The average Bonchev–Trinajstić information content (AvgIpc) is 2.68. The van der Waals surface area contributed by atoms with Gasteiger partial charge in [0.25, 0.3) is 0 Å². The molecule has 1 aromatic heterocycles. The predicted molar refractivity (Wildman–Crippen MR) is 79.7 cm³/mol. The summed E-state index contributed by atoms with van der Waals surface area (Å²) in [5.41, 5.74) is 8.85. The molecule has 5 heteroatoms. The van der Waals surface area contributed by atoms with Gasteiger partial charge in [-0.2, -0.15) is 0 Å². The van der Waals surface area contributed by atoms with Crippen LogP contribution >= 0.6 is 23.2 Å². The molecule has 19 heavy (non-hydrogen) atoms. The molecule has 0 spiro atoms. The van der Waals surface area contributed by atoms with Crippen LogP contribution in [0, 0.1) is 0 Å². The molecule has 0 aliphatic rings. The van der Waals surface area contributed by atoms with Crippen molar-refractivity contribution < 1.29 is 0 Å². The Balaban J connectivity index is 2.05. The summed E-state index contributed by atoms with van der Waals surface area (Å²) in [5, 5.41) is 1.38. The first-order chi connectivity index (χ1) is 9.13. The first-order valence-electron chi connectivity index (χ1n) is 5.79. The maximum Gasteiger partial charge on any atom is 0.201 e. The zero-order valence-electron chi connectivity index (χ0n) is 9.98. The predicted octanol–water partition coefficient (Wildman–Crippen LogP) is 3.97. The summed E-state index contributed by atoms with van der Waals surface area (Å²) in [7, 11) is 0. The maximum atomic E-state index is 5.96. The first kappa shape index (κ1) is 12.3. The molecule has 0 fully saturated rings. The summed E-state index contributed by atoms with van der Waals surface area (Å²) in [4.78, 5) is 4.32. The van der Waals surface area contributed by atoms with Gasteiger partial charge in [-0.15, -0.1) is 0 Å². The normalized spacial score (nSPS) is 11.1. The average molecular weight is 292 g/mol. The fourth-order valence-corrected chi connectivity index (χ4v) is 2.35. The van der Waals surface area contributed by atoms with Crippen LogP contribution < -0.4 is 5.73 Å². The minimum atomic E-state index is 0.479. The highest BCUT2D eigenvalue weighted by molar-refractivity contribution is 6.31. The second kappa shape index (κ2) is 4.76. The van der Waals surface area contributed by atoms with E-state index in [-0.39, 0.29) is 0 Å². The molecule has 96 valence electrons. The molecule has 0 amide bonds. The van der Waals surface area contributed by atoms with Gasteiger partial charge in [-0.05, 0) is 35.9 Å². The molecule has 0 bridgehead atoms. The molecule has 0 saturated heterocycles. The fraction of sp³-hybridized carbons (Fsp3) is 0.0714. The first-order valence-corrected chi connectivity index (χ1v) is 6.55. The zero-order valence-corrected chi connectivity index (χ0v) is 11.5. The third-order valence-corrected chi connectivity index (χ3v) is 3.48. The molecule has 0 radical (unpaired) electrons. The number of imidazole rings is 1. The Morgan fingerprint density at radius 1 is 1.00 bits per heavy atom. The van der Waals surface area contributed by atoms with E-state index in [1.54, 1.807) is 0 Å². The van der Waals surface area contributed by atoms with Crippen molar-refractivity contribution in [3.63, 3.8) is 0 Å². The van der Waals surface area contributed by atoms with Gasteiger partial charge in [-0.3, -0.25) is 0 Å². The topological polar surface area (TPSA) is 43.8 Å². The van der Waals surface area contributed by atoms with Gasteiger partial charge in [0.1, 0.15) is 0 Å². The quantitative estimate of drug-likeness (QED) is 0.776. The number of nitrogens with zero attached hydrogens (tertiary/aromatic N) is 2. The molecule has 0 aliphatic carbocycles. The summed E-state index contributed by atoms with van der Waals surface area (Å²) < 4.78 is 1.95. The summed E-state index contributed by atoms with van der Waals surface area (Å²) >= 11 is 11.8. The van der Waals surface area contributed by atoms with Crippen LogP contribution in [-0.4, -0.2) is 9.55 Å². The molecule has 0 aliphatic heterocycles. The number of anilines is 1. The minimum Gasteiger partial charge on any atom is -0.369 e. The SMILES string of the molecule is Nc1nc2cc(Cl)ccc2n1Cc1ccc(Cl)cc1. The fourth-order valence-electron chi connectivity index (χ4n) is 2.06. The van der Waals surface area contributed by atoms with Crippen molar-refractivity contribution in [1.82, 2.24) is 9.55 Å². The number of aromatic nitrogens is 2.